The van der Waals surface area contributed by atoms with Crippen LogP contribution in [0.2, 0.25) is 0 Å². The van der Waals surface area contributed by atoms with Gasteiger partial charge in [0.25, 0.3) is 0 Å². The van der Waals surface area contributed by atoms with Crippen LogP contribution in [0.5, 0.6) is 0 Å². The third kappa shape index (κ3) is 1.42. The predicted octanol–water partition coefficient (Wildman–Crippen LogP) is 2.19. The molecule has 1 unspecified atom stereocenters. The van der Waals surface area contributed by atoms with Crippen LogP contribution < -0.4 is 0 Å². The van der Waals surface area contributed by atoms with Gasteiger partial charge in [-0.1, -0.05) is 13.3 Å². The SMILES string of the molecule is CCCC1(P)CC1. The first-order valence-electron chi connectivity index (χ1n) is 3.06. The predicted molar refractivity (Wildman–Crippen MR) is 36.6 cm³/mol. The lowest BCUT2D eigenvalue weighted by molar-refractivity contribution is 0.748. The Labute approximate surface area is 47.9 Å². The minimum absolute atomic E-state index is 0.717. The largest absolute Gasteiger partial charge is 0.131 e. The van der Waals surface area contributed by atoms with Gasteiger partial charge in [0, 0.05) is 0 Å². The molecule has 0 spiro atoms. The molecule has 0 aliphatic heterocycles. The maximum Gasteiger partial charge on any atom is -0.0149 e. The van der Waals surface area contributed by atoms with Crippen molar-refractivity contribution in [1.29, 1.82) is 0 Å². The lowest BCUT2D eigenvalue weighted by Crippen LogP contribution is -1.92. The second-order valence-electron chi connectivity index (χ2n) is 2.61. The van der Waals surface area contributed by atoms with E-state index in [9.17, 15) is 0 Å². The number of rotatable bonds is 2. The Kier molecular flexibility index (Phi) is 1.39. The molecule has 1 aliphatic carbocycles. The summed E-state index contributed by atoms with van der Waals surface area (Å²) in [5, 5.41) is 0.717. The highest BCUT2D eigenvalue weighted by Crippen LogP contribution is 2.48. The van der Waals surface area contributed by atoms with E-state index in [1.807, 2.05) is 0 Å². The summed E-state index contributed by atoms with van der Waals surface area (Å²) >= 11 is 0. The first kappa shape index (κ1) is 5.56. The Morgan fingerprint density at radius 2 is 2.14 bits per heavy atom. The fourth-order valence-electron chi connectivity index (χ4n) is 0.908. The molecule has 0 radical (unpaired) electrons. The molecule has 0 aromatic heterocycles. The molecule has 0 aromatic carbocycles. The van der Waals surface area contributed by atoms with Crippen LogP contribution in [0.1, 0.15) is 32.6 Å². The third-order valence-corrected chi connectivity index (χ3v) is 2.51. The van der Waals surface area contributed by atoms with Crippen LogP contribution in [0.3, 0.4) is 0 Å². The summed E-state index contributed by atoms with van der Waals surface area (Å²) in [6.07, 6.45) is 5.66. The highest BCUT2D eigenvalue weighted by Gasteiger charge is 2.35. The molecule has 0 amide bonds. The molecular formula is C6H13P. The van der Waals surface area contributed by atoms with Crippen LogP contribution in [0.25, 0.3) is 0 Å². The van der Waals surface area contributed by atoms with E-state index in [-0.39, 0.29) is 0 Å². The average molecular weight is 116 g/mol. The topological polar surface area (TPSA) is 0 Å². The van der Waals surface area contributed by atoms with Gasteiger partial charge >= 0.3 is 0 Å². The lowest BCUT2D eigenvalue weighted by Gasteiger charge is -2.01. The van der Waals surface area contributed by atoms with Crippen LogP contribution >= 0.6 is 9.24 Å². The van der Waals surface area contributed by atoms with E-state index in [1.54, 1.807) is 0 Å². The molecule has 0 aromatic rings. The van der Waals surface area contributed by atoms with E-state index in [4.69, 9.17) is 0 Å². The van der Waals surface area contributed by atoms with Crippen molar-refractivity contribution in [1.82, 2.24) is 0 Å². The minimum Gasteiger partial charge on any atom is -0.131 e. The van der Waals surface area contributed by atoms with Crippen LogP contribution in [-0.4, -0.2) is 5.16 Å². The second-order valence-corrected chi connectivity index (χ2v) is 3.84. The second kappa shape index (κ2) is 1.74. The van der Waals surface area contributed by atoms with Gasteiger partial charge in [-0.15, -0.1) is 9.24 Å². The van der Waals surface area contributed by atoms with Crippen LogP contribution in [0, 0.1) is 0 Å². The first-order chi connectivity index (χ1) is 3.27. The fourth-order valence-corrected chi connectivity index (χ4v) is 1.34. The zero-order valence-electron chi connectivity index (χ0n) is 4.91. The van der Waals surface area contributed by atoms with Gasteiger partial charge in [-0.25, -0.2) is 0 Å². The summed E-state index contributed by atoms with van der Waals surface area (Å²) in [6.45, 7) is 2.25. The van der Waals surface area contributed by atoms with Crippen LogP contribution in [-0.2, 0) is 0 Å². The fraction of sp³-hybridized carbons (Fsp3) is 1.00. The molecule has 1 fully saturated rings. The normalized spacial score (nSPS) is 24.9. The van der Waals surface area contributed by atoms with Crippen molar-refractivity contribution in [3.63, 3.8) is 0 Å². The smallest absolute Gasteiger partial charge is 0.0149 e. The van der Waals surface area contributed by atoms with Crippen molar-refractivity contribution in [2.24, 2.45) is 0 Å². The molecule has 0 N–H and O–H groups in total. The standard InChI is InChI=1S/C6H13P/c1-2-3-6(7)4-5-6/h2-5,7H2,1H3. The van der Waals surface area contributed by atoms with E-state index in [0.717, 1.165) is 5.16 Å². The van der Waals surface area contributed by atoms with E-state index >= 15 is 0 Å². The molecule has 1 heteroatoms. The zero-order chi connectivity index (χ0) is 5.33. The zero-order valence-corrected chi connectivity index (χ0v) is 6.06. The molecule has 42 valence electrons. The molecule has 0 nitrogen and oxygen atoms in total. The molecule has 1 rings (SSSR count). The minimum atomic E-state index is 0.717. The highest BCUT2D eigenvalue weighted by atomic mass is 31.0. The van der Waals surface area contributed by atoms with Crippen LogP contribution in [0.15, 0.2) is 0 Å². The maximum atomic E-state index is 2.95. The van der Waals surface area contributed by atoms with Gasteiger partial charge < -0.3 is 0 Å². The summed E-state index contributed by atoms with van der Waals surface area (Å²) in [5.74, 6) is 0. The lowest BCUT2D eigenvalue weighted by atomic mass is 10.2. The summed E-state index contributed by atoms with van der Waals surface area (Å²) in [7, 11) is 2.95. The molecule has 1 atom stereocenters. The average Bonchev–Trinajstić information content (AvgIpc) is 2.22. The van der Waals surface area contributed by atoms with Gasteiger partial charge in [0.15, 0.2) is 0 Å². The van der Waals surface area contributed by atoms with E-state index in [0.29, 0.717) is 0 Å². The quantitative estimate of drug-likeness (QED) is 0.485. The number of hydrogen-bond donors (Lipinski definition) is 0. The Morgan fingerprint density at radius 3 is 2.29 bits per heavy atom. The molecule has 7 heavy (non-hydrogen) atoms. The van der Waals surface area contributed by atoms with Gasteiger partial charge in [0.05, 0.1) is 0 Å². The number of hydrogen-bond acceptors (Lipinski definition) is 0. The Bertz CT molecular complexity index is 64.6. The van der Waals surface area contributed by atoms with Crippen LogP contribution in [0.4, 0.5) is 0 Å². The first-order valence-corrected chi connectivity index (χ1v) is 3.63. The van der Waals surface area contributed by atoms with Crippen molar-refractivity contribution in [2.75, 3.05) is 0 Å². The van der Waals surface area contributed by atoms with Gasteiger partial charge in [-0.05, 0) is 24.4 Å². The Hall–Kier alpha value is 0.430. The maximum absolute atomic E-state index is 2.95. The molecule has 0 heterocycles. The summed E-state index contributed by atoms with van der Waals surface area (Å²) in [4.78, 5) is 0. The van der Waals surface area contributed by atoms with Crippen molar-refractivity contribution in [3.8, 4) is 0 Å². The van der Waals surface area contributed by atoms with Gasteiger partial charge in [0.1, 0.15) is 0 Å². The Balaban J connectivity index is 2.13. The molecule has 0 bridgehead atoms. The van der Waals surface area contributed by atoms with E-state index < -0.39 is 0 Å². The molecular weight excluding hydrogens is 103 g/mol. The summed E-state index contributed by atoms with van der Waals surface area (Å²) < 4.78 is 0. The van der Waals surface area contributed by atoms with E-state index in [2.05, 4.69) is 16.2 Å². The van der Waals surface area contributed by atoms with Gasteiger partial charge in [-0.3, -0.25) is 0 Å². The van der Waals surface area contributed by atoms with Crippen molar-refractivity contribution >= 4 is 9.24 Å². The molecule has 1 aliphatic rings. The van der Waals surface area contributed by atoms with Gasteiger partial charge in [-0.2, -0.15) is 0 Å². The molecule has 1 saturated carbocycles. The monoisotopic (exact) mass is 116 g/mol. The van der Waals surface area contributed by atoms with Crippen molar-refractivity contribution in [3.05, 3.63) is 0 Å². The summed E-state index contributed by atoms with van der Waals surface area (Å²) in [6, 6.07) is 0. The van der Waals surface area contributed by atoms with Crippen molar-refractivity contribution < 1.29 is 0 Å². The molecule has 0 saturated heterocycles. The third-order valence-electron chi connectivity index (χ3n) is 1.64. The Morgan fingerprint density at radius 1 is 1.57 bits per heavy atom. The summed E-state index contributed by atoms with van der Waals surface area (Å²) in [5.41, 5.74) is 0. The van der Waals surface area contributed by atoms with Gasteiger partial charge in [0.2, 0.25) is 0 Å². The van der Waals surface area contributed by atoms with Crippen molar-refractivity contribution in [2.45, 2.75) is 37.8 Å². The van der Waals surface area contributed by atoms with E-state index in [1.165, 1.54) is 25.7 Å². The highest BCUT2D eigenvalue weighted by molar-refractivity contribution is 7.19.